The second kappa shape index (κ2) is 7.02. The minimum absolute atomic E-state index is 0.154. The number of rotatable bonds is 8. The molecule has 0 aliphatic heterocycles. The van der Waals surface area contributed by atoms with Gasteiger partial charge in [-0.1, -0.05) is 20.8 Å². The van der Waals surface area contributed by atoms with Gasteiger partial charge in [-0.15, -0.1) is 0 Å². The van der Waals surface area contributed by atoms with E-state index in [1.54, 1.807) is 0 Å². The number of nitrogens with zero attached hydrogens (tertiary/aromatic N) is 2. The molecule has 6 nitrogen and oxygen atoms in total. The zero-order valence-corrected chi connectivity index (χ0v) is 13.0. The van der Waals surface area contributed by atoms with Crippen LogP contribution in [0, 0.1) is 6.92 Å². The van der Waals surface area contributed by atoms with Crippen molar-refractivity contribution < 1.29 is 8.42 Å². The van der Waals surface area contributed by atoms with E-state index in [9.17, 15) is 8.42 Å². The van der Waals surface area contributed by atoms with Crippen molar-refractivity contribution in [2.75, 3.05) is 19.6 Å². The van der Waals surface area contributed by atoms with Crippen LogP contribution in [0.25, 0.3) is 0 Å². The first-order valence-electron chi connectivity index (χ1n) is 6.73. The third-order valence-electron chi connectivity index (χ3n) is 3.00. The summed E-state index contributed by atoms with van der Waals surface area (Å²) >= 11 is 0. The fourth-order valence-corrected chi connectivity index (χ4v) is 3.63. The van der Waals surface area contributed by atoms with Crippen LogP contribution in [-0.4, -0.2) is 42.6 Å². The van der Waals surface area contributed by atoms with Crippen molar-refractivity contribution in [1.82, 2.24) is 19.8 Å². The van der Waals surface area contributed by atoms with Gasteiger partial charge in [-0.3, -0.25) is 5.10 Å². The molecule has 0 bridgehead atoms. The summed E-state index contributed by atoms with van der Waals surface area (Å²) in [5.41, 5.74) is 1.53. The Kier molecular flexibility index (Phi) is 5.96. The average molecular weight is 288 g/mol. The van der Waals surface area contributed by atoms with Crippen molar-refractivity contribution in [2.24, 2.45) is 0 Å². The van der Waals surface area contributed by atoms with E-state index in [0.29, 0.717) is 19.6 Å². The van der Waals surface area contributed by atoms with Crippen LogP contribution in [0.5, 0.6) is 0 Å². The summed E-state index contributed by atoms with van der Waals surface area (Å²) in [6.07, 6.45) is 0.791. The van der Waals surface area contributed by atoms with Gasteiger partial charge in [0.15, 0.2) is 5.03 Å². The van der Waals surface area contributed by atoms with E-state index in [1.807, 2.05) is 27.7 Å². The number of nitrogens with one attached hydrogen (secondary N) is 2. The smallest absolute Gasteiger partial charge is 0.262 e. The lowest BCUT2D eigenvalue weighted by Gasteiger charge is -2.19. The molecule has 0 saturated heterocycles. The van der Waals surface area contributed by atoms with E-state index in [4.69, 9.17) is 0 Å². The summed E-state index contributed by atoms with van der Waals surface area (Å²) in [5, 5.41) is 10.1. The molecule has 19 heavy (non-hydrogen) atoms. The Hall–Kier alpha value is -0.920. The molecule has 0 aliphatic carbocycles. The Labute approximate surface area is 115 Å². The molecule has 0 atom stereocenters. The minimum atomic E-state index is -3.50. The lowest BCUT2D eigenvalue weighted by molar-refractivity contribution is 0.424. The van der Waals surface area contributed by atoms with Gasteiger partial charge in [0, 0.05) is 30.9 Å². The van der Waals surface area contributed by atoms with Gasteiger partial charge in [0.1, 0.15) is 0 Å². The van der Waals surface area contributed by atoms with Gasteiger partial charge in [-0.2, -0.15) is 9.40 Å². The standard InChI is InChI=1S/C12H24N4O2S/c1-5-8-16(7-3)19(17,18)12-11(9-13-6-2)10(4)14-15-12/h13H,5-9H2,1-4H3,(H,14,15). The van der Waals surface area contributed by atoms with Gasteiger partial charge in [-0.25, -0.2) is 8.42 Å². The van der Waals surface area contributed by atoms with E-state index in [2.05, 4.69) is 15.5 Å². The van der Waals surface area contributed by atoms with Crippen LogP contribution < -0.4 is 5.32 Å². The number of H-pyrrole nitrogens is 1. The molecule has 1 rings (SSSR count). The van der Waals surface area contributed by atoms with Crippen molar-refractivity contribution in [3.05, 3.63) is 11.3 Å². The third kappa shape index (κ3) is 3.55. The van der Waals surface area contributed by atoms with Crippen LogP contribution in [0.15, 0.2) is 5.03 Å². The molecule has 0 radical (unpaired) electrons. The maximum absolute atomic E-state index is 12.6. The molecule has 110 valence electrons. The number of aryl methyl sites for hydroxylation is 1. The van der Waals surface area contributed by atoms with Crippen molar-refractivity contribution >= 4 is 10.0 Å². The molecule has 1 aromatic heterocycles. The molecule has 2 N–H and O–H groups in total. The quantitative estimate of drug-likeness (QED) is 0.754. The predicted molar refractivity (Wildman–Crippen MR) is 75.4 cm³/mol. The van der Waals surface area contributed by atoms with Gasteiger partial charge in [0.25, 0.3) is 10.0 Å². The molecular weight excluding hydrogens is 264 g/mol. The number of sulfonamides is 1. The molecule has 0 aliphatic rings. The van der Waals surface area contributed by atoms with E-state index in [1.165, 1.54) is 4.31 Å². The largest absolute Gasteiger partial charge is 0.313 e. The molecule has 0 spiro atoms. The van der Waals surface area contributed by atoms with Crippen LogP contribution in [0.1, 0.15) is 38.4 Å². The van der Waals surface area contributed by atoms with Crippen LogP contribution in [0.3, 0.4) is 0 Å². The normalized spacial score (nSPS) is 12.3. The van der Waals surface area contributed by atoms with Crippen molar-refractivity contribution in [2.45, 2.75) is 45.7 Å². The molecular formula is C12H24N4O2S. The third-order valence-corrected chi connectivity index (χ3v) is 4.94. The Morgan fingerprint density at radius 3 is 2.53 bits per heavy atom. The lowest BCUT2D eigenvalue weighted by Crippen LogP contribution is -2.32. The van der Waals surface area contributed by atoms with E-state index < -0.39 is 10.0 Å². The Bertz CT molecular complexity index is 496. The summed E-state index contributed by atoms with van der Waals surface area (Å²) in [6.45, 7) is 9.92. The number of hydrogen-bond donors (Lipinski definition) is 2. The first-order valence-corrected chi connectivity index (χ1v) is 8.17. The maximum atomic E-state index is 12.6. The molecule has 0 amide bonds. The van der Waals surface area contributed by atoms with E-state index in [0.717, 1.165) is 24.2 Å². The highest BCUT2D eigenvalue weighted by Crippen LogP contribution is 2.20. The summed E-state index contributed by atoms with van der Waals surface area (Å²) < 4.78 is 26.6. The van der Waals surface area contributed by atoms with Crippen LogP contribution >= 0.6 is 0 Å². The fourth-order valence-electron chi connectivity index (χ4n) is 1.92. The molecule has 0 aromatic carbocycles. The van der Waals surface area contributed by atoms with Gasteiger partial charge >= 0.3 is 0 Å². The zero-order chi connectivity index (χ0) is 14.5. The molecule has 1 heterocycles. The van der Waals surface area contributed by atoms with Gasteiger partial charge in [-0.05, 0) is 19.9 Å². The Balaban J connectivity index is 3.13. The van der Waals surface area contributed by atoms with Gasteiger partial charge < -0.3 is 5.32 Å². The molecule has 0 fully saturated rings. The fraction of sp³-hybridized carbons (Fsp3) is 0.750. The summed E-state index contributed by atoms with van der Waals surface area (Å²) in [7, 11) is -3.50. The van der Waals surface area contributed by atoms with E-state index >= 15 is 0 Å². The van der Waals surface area contributed by atoms with Crippen molar-refractivity contribution in [1.29, 1.82) is 0 Å². The molecule has 1 aromatic rings. The first kappa shape index (κ1) is 16.1. The molecule has 7 heteroatoms. The SMILES string of the molecule is CCCN(CC)S(=O)(=O)c1n[nH]c(C)c1CNCC. The molecule has 0 unspecified atom stereocenters. The second-order valence-electron chi connectivity index (χ2n) is 4.41. The number of hydrogen-bond acceptors (Lipinski definition) is 4. The Morgan fingerprint density at radius 2 is 2.00 bits per heavy atom. The first-order chi connectivity index (χ1) is 8.98. The number of aromatic nitrogens is 2. The number of aromatic amines is 1. The van der Waals surface area contributed by atoms with Crippen molar-refractivity contribution in [3.8, 4) is 0 Å². The molecule has 0 saturated carbocycles. The highest BCUT2D eigenvalue weighted by molar-refractivity contribution is 7.89. The van der Waals surface area contributed by atoms with Gasteiger partial charge in [0.2, 0.25) is 0 Å². The van der Waals surface area contributed by atoms with Crippen molar-refractivity contribution in [3.63, 3.8) is 0 Å². The van der Waals surface area contributed by atoms with Crippen LogP contribution in [-0.2, 0) is 16.6 Å². The van der Waals surface area contributed by atoms with E-state index in [-0.39, 0.29) is 5.03 Å². The topological polar surface area (TPSA) is 78.1 Å². The minimum Gasteiger partial charge on any atom is -0.313 e. The summed E-state index contributed by atoms with van der Waals surface area (Å²) in [6, 6.07) is 0. The zero-order valence-electron chi connectivity index (χ0n) is 12.2. The average Bonchev–Trinajstić information content (AvgIpc) is 2.75. The van der Waals surface area contributed by atoms with Crippen LogP contribution in [0.4, 0.5) is 0 Å². The highest BCUT2D eigenvalue weighted by Gasteiger charge is 2.28. The Morgan fingerprint density at radius 1 is 1.32 bits per heavy atom. The maximum Gasteiger partial charge on any atom is 0.262 e. The second-order valence-corrected chi connectivity index (χ2v) is 6.26. The summed E-state index contributed by atoms with van der Waals surface area (Å²) in [4.78, 5) is 0. The van der Waals surface area contributed by atoms with Crippen LogP contribution in [0.2, 0.25) is 0 Å². The summed E-state index contributed by atoms with van der Waals surface area (Å²) in [5.74, 6) is 0. The highest BCUT2D eigenvalue weighted by atomic mass is 32.2. The van der Waals surface area contributed by atoms with Gasteiger partial charge in [0.05, 0.1) is 0 Å². The predicted octanol–water partition coefficient (Wildman–Crippen LogP) is 1.25. The lowest BCUT2D eigenvalue weighted by atomic mass is 10.2. The monoisotopic (exact) mass is 288 g/mol.